The van der Waals surface area contributed by atoms with E-state index in [9.17, 15) is 13.6 Å². The van der Waals surface area contributed by atoms with Gasteiger partial charge in [0, 0.05) is 11.6 Å². The minimum Gasteiger partial charge on any atom is -0.332 e. The Morgan fingerprint density at radius 2 is 1.84 bits per heavy atom. The van der Waals surface area contributed by atoms with Gasteiger partial charge >= 0.3 is 0 Å². The molecule has 0 saturated carbocycles. The Morgan fingerprint density at radius 1 is 1.08 bits per heavy atom. The number of anilines is 1. The summed E-state index contributed by atoms with van der Waals surface area (Å²) in [6, 6.07) is 17.2. The molecule has 0 radical (unpaired) electrons. The summed E-state index contributed by atoms with van der Waals surface area (Å²) in [6.45, 7) is 2.12. The van der Waals surface area contributed by atoms with Crippen LogP contribution >= 0.6 is 0 Å². The van der Waals surface area contributed by atoms with Crippen LogP contribution in [0.1, 0.15) is 18.5 Å². The highest BCUT2D eigenvalue weighted by molar-refractivity contribution is 5.91. The van der Waals surface area contributed by atoms with Crippen molar-refractivity contribution in [3.05, 3.63) is 77.9 Å². The van der Waals surface area contributed by atoms with Crippen LogP contribution in [0.2, 0.25) is 0 Å². The third kappa shape index (κ3) is 4.00. The number of amides is 1. The predicted molar refractivity (Wildman–Crippen MR) is 94.1 cm³/mol. The fourth-order valence-electron chi connectivity index (χ4n) is 2.85. The van der Waals surface area contributed by atoms with Gasteiger partial charge in [-0.1, -0.05) is 42.5 Å². The topological polar surface area (TPSA) is 45.7 Å². The van der Waals surface area contributed by atoms with Crippen LogP contribution < -0.4 is 10.6 Å². The minimum absolute atomic E-state index is 0.0502. The summed E-state index contributed by atoms with van der Waals surface area (Å²) < 4.78 is 26.7. The fourth-order valence-corrected chi connectivity index (χ4v) is 2.85. The smallest absolute Gasteiger partial charge is 0.279 e. The summed E-state index contributed by atoms with van der Waals surface area (Å²) in [5, 5.41) is 6.57. The van der Waals surface area contributed by atoms with Gasteiger partial charge in [-0.25, -0.2) is 8.78 Å². The van der Waals surface area contributed by atoms with Crippen LogP contribution in [0.25, 0.3) is 10.8 Å². The first-order valence-electron chi connectivity index (χ1n) is 8.10. The van der Waals surface area contributed by atoms with Crippen molar-refractivity contribution in [3.63, 3.8) is 0 Å². The zero-order chi connectivity index (χ0) is 17.8. The lowest BCUT2D eigenvalue weighted by Crippen LogP contribution is -2.86. The van der Waals surface area contributed by atoms with Crippen LogP contribution in [0.15, 0.2) is 60.7 Å². The number of rotatable bonds is 5. The van der Waals surface area contributed by atoms with Crippen molar-refractivity contribution in [3.8, 4) is 0 Å². The van der Waals surface area contributed by atoms with E-state index in [-0.39, 0.29) is 24.2 Å². The number of quaternary nitrogens is 1. The molecule has 25 heavy (non-hydrogen) atoms. The van der Waals surface area contributed by atoms with Crippen molar-refractivity contribution in [1.82, 2.24) is 0 Å². The number of carbonyl (C=O) groups excluding carboxylic acids is 1. The molecule has 1 atom stereocenters. The highest BCUT2D eigenvalue weighted by Crippen LogP contribution is 2.22. The van der Waals surface area contributed by atoms with Gasteiger partial charge < -0.3 is 10.6 Å². The van der Waals surface area contributed by atoms with E-state index in [0.29, 0.717) is 0 Å². The van der Waals surface area contributed by atoms with E-state index in [1.807, 2.05) is 48.6 Å². The molecule has 0 spiro atoms. The standard InChI is InChI=1S/C20H18F2N2O/c1-13(16-8-4-6-14-5-2-3-7-17(14)16)23-12-20(25)24-19-11-15(21)9-10-18(19)22/h2-11,13,23H,12H2,1H3,(H,24,25)/p+1/t13-/m1/s1. The third-order valence-electron chi connectivity index (χ3n) is 4.17. The monoisotopic (exact) mass is 341 g/mol. The number of fused-ring (bicyclic) bond motifs is 1. The van der Waals surface area contributed by atoms with Gasteiger partial charge in [0.25, 0.3) is 5.91 Å². The molecule has 3 nitrogen and oxygen atoms in total. The van der Waals surface area contributed by atoms with Gasteiger partial charge in [-0.2, -0.15) is 0 Å². The Balaban J connectivity index is 1.66. The molecule has 128 valence electrons. The van der Waals surface area contributed by atoms with E-state index < -0.39 is 11.6 Å². The van der Waals surface area contributed by atoms with Crippen molar-refractivity contribution >= 4 is 22.4 Å². The van der Waals surface area contributed by atoms with Gasteiger partial charge in [-0.3, -0.25) is 4.79 Å². The number of halogens is 2. The Bertz CT molecular complexity index is 906. The van der Waals surface area contributed by atoms with Crippen LogP contribution in [-0.4, -0.2) is 12.5 Å². The zero-order valence-electron chi connectivity index (χ0n) is 13.8. The number of hydrogen-bond acceptors (Lipinski definition) is 1. The quantitative estimate of drug-likeness (QED) is 0.734. The average Bonchev–Trinajstić information content (AvgIpc) is 2.62. The van der Waals surface area contributed by atoms with E-state index in [2.05, 4.69) is 11.4 Å². The second-order valence-corrected chi connectivity index (χ2v) is 5.97. The first-order chi connectivity index (χ1) is 12.0. The molecule has 3 aromatic rings. The first kappa shape index (κ1) is 17.0. The fraction of sp³-hybridized carbons (Fsp3) is 0.150. The van der Waals surface area contributed by atoms with Gasteiger partial charge in [0.2, 0.25) is 0 Å². The van der Waals surface area contributed by atoms with Crippen molar-refractivity contribution in [1.29, 1.82) is 0 Å². The maximum Gasteiger partial charge on any atom is 0.279 e. The lowest BCUT2D eigenvalue weighted by atomic mass is 10.00. The average molecular weight is 341 g/mol. The highest BCUT2D eigenvalue weighted by atomic mass is 19.1. The maximum atomic E-state index is 13.6. The summed E-state index contributed by atoms with van der Waals surface area (Å²) in [7, 11) is 0. The van der Waals surface area contributed by atoms with Gasteiger partial charge in [0.15, 0.2) is 6.54 Å². The minimum atomic E-state index is -0.656. The molecule has 0 aromatic heterocycles. The normalized spacial score (nSPS) is 12.1. The van der Waals surface area contributed by atoms with Gasteiger partial charge in [0.05, 0.1) is 5.69 Å². The van der Waals surface area contributed by atoms with Crippen LogP contribution in [0.3, 0.4) is 0 Å². The largest absolute Gasteiger partial charge is 0.332 e. The van der Waals surface area contributed by atoms with E-state index in [1.54, 1.807) is 0 Å². The van der Waals surface area contributed by atoms with E-state index >= 15 is 0 Å². The van der Waals surface area contributed by atoms with E-state index in [1.165, 1.54) is 0 Å². The number of carbonyl (C=O) groups is 1. The second-order valence-electron chi connectivity index (χ2n) is 5.97. The van der Waals surface area contributed by atoms with Crippen molar-refractivity contribution in [2.45, 2.75) is 13.0 Å². The molecule has 0 aliphatic carbocycles. The number of nitrogens with two attached hydrogens (primary N) is 1. The van der Waals surface area contributed by atoms with E-state index in [4.69, 9.17) is 0 Å². The summed E-state index contributed by atoms with van der Waals surface area (Å²) in [4.78, 5) is 12.0. The molecular weight excluding hydrogens is 322 g/mol. The molecule has 0 aliphatic rings. The van der Waals surface area contributed by atoms with Crippen molar-refractivity contribution in [2.75, 3.05) is 11.9 Å². The molecule has 0 bridgehead atoms. The summed E-state index contributed by atoms with van der Waals surface area (Å²) in [5.41, 5.74) is 0.985. The van der Waals surface area contributed by atoms with Gasteiger partial charge in [-0.15, -0.1) is 0 Å². The number of benzene rings is 3. The van der Waals surface area contributed by atoms with Gasteiger partial charge in [-0.05, 0) is 29.8 Å². The molecule has 3 N–H and O–H groups in total. The van der Waals surface area contributed by atoms with Crippen molar-refractivity contribution in [2.24, 2.45) is 0 Å². The van der Waals surface area contributed by atoms with Crippen molar-refractivity contribution < 1.29 is 18.9 Å². The van der Waals surface area contributed by atoms with E-state index in [0.717, 1.165) is 34.5 Å². The van der Waals surface area contributed by atoms with Gasteiger partial charge in [0.1, 0.15) is 17.7 Å². The Kier molecular flexibility index (Phi) is 5.05. The molecule has 0 fully saturated rings. The summed E-state index contributed by atoms with van der Waals surface area (Å²) in [6.07, 6.45) is 0. The molecule has 3 rings (SSSR count). The molecule has 0 aliphatic heterocycles. The van der Waals surface area contributed by atoms with Crippen LogP contribution in [-0.2, 0) is 4.79 Å². The first-order valence-corrected chi connectivity index (χ1v) is 8.10. The Labute approximate surface area is 144 Å². The molecule has 0 unspecified atom stereocenters. The Hall–Kier alpha value is -2.79. The second kappa shape index (κ2) is 7.40. The molecular formula is C20H19F2N2O+. The Morgan fingerprint density at radius 3 is 2.68 bits per heavy atom. The summed E-state index contributed by atoms with van der Waals surface area (Å²) in [5.74, 6) is -1.63. The molecule has 5 heteroatoms. The SMILES string of the molecule is C[C@@H]([NH2+]CC(=O)Nc1cc(F)ccc1F)c1cccc2ccccc12. The molecule has 0 heterocycles. The van der Waals surface area contributed by atoms with Crippen LogP contribution in [0.4, 0.5) is 14.5 Å². The predicted octanol–water partition coefficient (Wildman–Crippen LogP) is 3.38. The lowest BCUT2D eigenvalue weighted by Gasteiger charge is -2.14. The number of nitrogens with one attached hydrogen (secondary N) is 1. The maximum absolute atomic E-state index is 13.6. The van der Waals surface area contributed by atoms with Crippen LogP contribution in [0.5, 0.6) is 0 Å². The van der Waals surface area contributed by atoms with Crippen LogP contribution in [0, 0.1) is 11.6 Å². The molecule has 3 aromatic carbocycles. The zero-order valence-corrected chi connectivity index (χ0v) is 13.8. The lowest BCUT2D eigenvalue weighted by molar-refractivity contribution is -0.682. The molecule has 1 amide bonds. The molecule has 0 saturated heterocycles. The third-order valence-corrected chi connectivity index (χ3v) is 4.17. The highest BCUT2D eigenvalue weighted by Gasteiger charge is 2.15. The number of hydrogen-bond donors (Lipinski definition) is 2. The summed E-state index contributed by atoms with van der Waals surface area (Å²) >= 11 is 0.